The predicted molar refractivity (Wildman–Crippen MR) is 62.4 cm³/mol. The lowest BCUT2D eigenvalue weighted by Gasteiger charge is -2.02. The van der Waals surface area contributed by atoms with Crippen LogP contribution in [-0.4, -0.2) is 21.3 Å². The molecule has 0 radical (unpaired) electrons. The lowest BCUT2D eigenvalue weighted by molar-refractivity contribution is 0.476. The zero-order chi connectivity index (χ0) is 10.1. The van der Waals surface area contributed by atoms with Crippen LogP contribution in [0.15, 0.2) is 18.2 Å². The molecule has 0 bridgehead atoms. The van der Waals surface area contributed by atoms with Crippen molar-refractivity contribution < 1.29 is 5.11 Å². The third kappa shape index (κ3) is 2.40. The monoisotopic (exact) mass is 227 g/mol. The Labute approximate surface area is 93.9 Å². The molecule has 0 saturated heterocycles. The maximum atomic E-state index is 9.33. The van der Waals surface area contributed by atoms with Crippen molar-refractivity contribution in [3.63, 3.8) is 0 Å². The molecule has 0 aliphatic rings. The Morgan fingerprint density at radius 3 is 2.93 bits per heavy atom. The molecule has 1 unspecified atom stereocenters. The van der Waals surface area contributed by atoms with Gasteiger partial charge < -0.3 is 10.8 Å². The number of halogens is 1. The van der Waals surface area contributed by atoms with Gasteiger partial charge in [0.05, 0.1) is 5.52 Å². The van der Waals surface area contributed by atoms with Gasteiger partial charge in [-0.2, -0.15) is 5.10 Å². The summed E-state index contributed by atoms with van der Waals surface area (Å²) in [5, 5.41) is 17.3. The molecule has 82 valence electrons. The van der Waals surface area contributed by atoms with Crippen molar-refractivity contribution in [1.29, 1.82) is 0 Å². The van der Waals surface area contributed by atoms with Crippen LogP contribution in [0.4, 0.5) is 0 Å². The summed E-state index contributed by atoms with van der Waals surface area (Å²) in [7, 11) is 0. The fourth-order valence-electron chi connectivity index (χ4n) is 1.53. The quantitative estimate of drug-likeness (QED) is 0.729. The van der Waals surface area contributed by atoms with Crippen LogP contribution >= 0.6 is 12.4 Å². The molecule has 4 nitrogen and oxygen atoms in total. The van der Waals surface area contributed by atoms with Crippen LogP contribution in [0.1, 0.15) is 12.6 Å². The number of nitrogens with two attached hydrogens (primary N) is 1. The molecule has 1 heterocycles. The highest BCUT2D eigenvalue weighted by molar-refractivity contribution is 5.85. The Kier molecular flexibility index (Phi) is 3.55. The van der Waals surface area contributed by atoms with Crippen LogP contribution in [0.2, 0.25) is 0 Å². The summed E-state index contributed by atoms with van der Waals surface area (Å²) in [6, 6.07) is 5.20. The van der Waals surface area contributed by atoms with Crippen LogP contribution in [-0.2, 0) is 6.42 Å². The molecule has 2 aromatic rings. The van der Waals surface area contributed by atoms with Crippen molar-refractivity contribution in [3.05, 3.63) is 23.9 Å². The summed E-state index contributed by atoms with van der Waals surface area (Å²) >= 11 is 0. The van der Waals surface area contributed by atoms with E-state index in [9.17, 15) is 5.11 Å². The summed E-state index contributed by atoms with van der Waals surface area (Å²) in [6.45, 7) is 1.94. The average Bonchev–Trinajstić information content (AvgIpc) is 2.47. The van der Waals surface area contributed by atoms with E-state index < -0.39 is 0 Å². The van der Waals surface area contributed by atoms with Crippen molar-refractivity contribution in [3.8, 4) is 5.75 Å². The fraction of sp³-hybridized carbons (Fsp3) is 0.300. The van der Waals surface area contributed by atoms with Gasteiger partial charge in [0.25, 0.3) is 0 Å². The summed E-state index contributed by atoms with van der Waals surface area (Å²) in [5.74, 6) is 0.254. The van der Waals surface area contributed by atoms with Crippen LogP contribution in [0.5, 0.6) is 5.75 Å². The van der Waals surface area contributed by atoms with E-state index >= 15 is 0 Å². The molecule has 5 heteroatoms. The van der Waals surface area contributed by atoms with Crippen LogP contribution in [0, 0.1) is 0 Å². The van der Waals surface area contributed by atoms with E-state index in [0.29, 0.717) is 0 Å². The zero-order valence-electron chi connectivity index (χ0n) is 8.40. The summed E-state index contributed by atoms with van der Waals surface area (Å²) in [6.07, 6.45) is 0.736. The molecule has 0 amide bonds. The maximum absolute atomic E-state index is 9.33. The molecule has 0 saturated carbocycles. The zero-order valence-corrected chi connectivity index (χ0v) is 9.21. The lowest BCUT2D eigenvalue weighted by atomic mass is 10.1. The van der Waals surface area contributed by atoms with E-state index in [4.69, 9.17) is 5.73 Å². The molecular formula is C10H14ClN3O. The van der Waals surface area contributed by atoms with Gasteiger partial charge in [0.15, 0.2) is 0 Å². The number of hydrogen-bond donors (Lipinski definition) is 3. The van der Waals surface area contributed by atoms with E-state index in [1.165, 1.54) is 0 Å². The molecule has 0 fully saturated rings. The van der Waals surface area contributed by atoms with Crippen LogP contribution in [0.3, 0.4) is 0 Å². The smallest absolute Gasteiger partial charge is 0.116 e. The highest BCUT2D eigenvalue weighted by Gasteiger charge is 2.07. The topological polar surface area (TPSA) is 74.9 Å². The molecule has 0 aliphatic carbocycles. The summed E-state index contributed by atoms with van der Waals surface area (Å²) < 4.78 is 0. The minimum absolute atomic E-state index is 0. The number of aromatic amines is 1. The Morgan fingerprint density at radius 1 is 1.53 bits per heavy atom. The minimum atomic E-state index is 0. The number of nitrogens with one attached hydrogen (secondary N) is 1. The first-order valence-corrected chi connectivity index (χ1v) is 4.58. The average molecular weight is 228 g/mol. The number of benzene rings is 1. The number of hydrogen-bond acceptors (Lipinski definition) is 3. The molecule has 2 rings (SSSR count). The van der Waals surface area contributed by atoms with Gasteiger partial charge in [-0.1, -0.05) is 0 Å². The minimum Gasteiger partial charge on any atom is -0.508 e. The van der Waals surface area contributed by atoms with Crippen LogP contribution < -0.4 is 5.73 Å². The lowest BCUT2D eigenvalue weighted by Crippen LogP contribution is -2.18. The molecule has 1 atom stereocenters. The third-order valence-corrected chi connectivity index (χ3v) is 2.14. The molecular weight excluding hydrogens is 214 g/mol. The SMILES string of the molecule is CC(N)Cc1[nH]nc2ccc(O)cc12.Cl. The number of fused-ring (bicyclic) bond motifs is 1. The molecule has 0 aliphatic heterocycles. The number of H-pyrrole nitrogens is 1. The van der Waals surface area contributed by atoms with Gasteiger partial charge in [0, 0.05) is 23.5 Å². The van der Waals surface area contributed by atoms with Gasteiger partial charge >= 0.3 is 0 Å². The van der Waals surface area contributed by atoms with Gasteiger partial charge in [0.1, 0.15) is 5.75 Å². The second-order valence-electron chi connectivity index (χ2n) is 3.59. The third-order valence-electron chi connectivity index (χ3n) is 2.14. The number of rotatable bonds is 2. The second-order valence-corrected chi connectivity index (χ2v) is 3.59. The van der Waals surface area contributed by atoms with Crippen molar-refractivity contribution in [1.82, 2.24) is 10.2 Å². The fourth-order valence-corrected chi connectivity index (χ4v) is 1.53. The normalized spacial score (nSPS) is 12.4. The van der Waals surface area contributed by atoms with Gasteiger partial charge in [-0.05, 0) is 25.1 Å². The first kappa shape index (κ1) is 11.8. The Hall–Kier alpha value is -1.26. The van der Waals surface area contributed by atoms with E-state index in [-0.39, 0.29) is 24.2 Å². The molecule has 15 heavy (non-hydrogen) atoms. The molecule has 1 aromatic carbocycles. The standard InChI is InChI=1S/C10H13N3O.ClH/c1-6(11)4-10-8-5-7(14)2-3-9(8)12-13-10;/h2-3,5-6,14H,4,11H2,1H3,(H,12,13);1H. The van der Waals surface area contributed by atoms with Crippen molar-refractivity contribution in [2.75, 3.05) is 0 Å². The molecule has 4 N–H and O–H groups in total. The second kappa shape index (κ2) is 4.51. The Bertz CT molecular complexity index is 453. The van der Waals surface area contributed by atoms with Gasteiger partial charge in [-0.15, -0.1) is 12.4 Å². The highest BCUT2D eigenvalue weighted by atomic mass is 35.5. The number of phenols is 1. The first-order valence-electron chi connectivity index (χ1n) is 4.58. The van der Waals surface area contributed by atoms with Crippen molar-refractivity contribution >= 4 is 23.3 Å². The highest BCUT2D eigenvalue weighted by Crippen LogP contribution is 2.21. The number of phenolic OH excluding ortho intramolecular Hbond substituents is 1. The van der Waals surface area contributed by atoms with Crippen molar-refractivity contribution in [2.24, 2.45) is 5.73 Å². The summed E-state index contributed by atoms with van der Waals surface area (Å²) in [5.41, 5.74) is 7.54. The Morgan fingerprint density at radius 2 is 2.27 bits per heavy atom. The number of aromatic hydroxyl groups is 1. The van der Waals surface area contributed by atoms with Crippen LogP contribution in [0.25, 0.3) is 10.9 Å². The van der Waals surface area contributed by atoms with E-state index in [2.05, 4.69) is 10.2 Å². The largest absolute Gasteiger partial charge is 0.508 e. The molecule has 1 aromatic heterocycles. The van der Waals surface area contributed by atoms with Gasteiger partial charge in [0.2, 0.25) is 0 Å². The first-order chi connectivity index (χ1) is 6.66. The van der Waals surface area contributed by atoms with E-state index in [0.717, 1.165) is 23.0 Å². The maximum Gasteiger partial charge on any atom is 0.116 e. The number of aromatic nitrogens is 2. The summed E-state index contributed by atoms with van der Waals surface area (Å²) in [4.78, 5) is 0. The van der Waals surface area contributed by atoms with Gasteiger partial charge in [-0.25, -0.2) is 0 Å². The van der Waals surface area contributed by atoms with E-state index in [1.54, 1.807) is 18.2 Å². The van der Waals surface area contributed by atoms with Crippen molar-refractivity contribution in [2.45, 2.75) is 19.4 Å². The van der Waals surface area contributed by atoms with E-state index in [1.807, 2.05) is 6.92 Å². The number of nitrogens with zero attached hydrogens (tertiary/aromatic N) is 1. The van der Waals surface area contributed by atoms with Gasteiger partial charge in [-0.3, -0.25) is 5.10 Å². The Balaban J connectivity index is 0.00000112. The predicted octanol–water partition coefficient (Wildman–Crippen LogP) is 1.58. The molecule has 0 spiro atoms.